The van der Waals surface area contributed by atoms with Crippen LogP contribution in [0.25, 0.3) is 16.6 Å². The summed E-state index contributed by atoms with van der Waals surface area (Å²) >= 11 is 1.65. The topological polar surface area (TPSA) is 67.0 Å². The summed E-state index contributed by atoms with van der Waals surface area (Å²) in [7, 11) is 0. The van der Waals surface area contributed by atoms with E-state index in [1.165, 1.54) is 0 Å². The first-order valence-electron chi connectivity index (χ1n) is 8.51. The highest BCUT2D eigenvalue weighted by Gasteiger charge is 2.09. The van der Waals surface area contributed by atoms with Gasteiger partial charge in [0.25, 0.3) is 0 Å². The van der Waals surface area contributed by atoms with Crippen LogP contribution in [-0.4, -0.2) is 29.0 Å². The van der Waals surface area contributed by atoms with Crippen molar-refractivity contribution in [3.63, 3.8) is 0 Å². The number of carbonyl (C=O) groups excluding carboxylic acids is 1. The summed E-state index contributed by atoms with van der Waals surface area (Å²) < 4.78 is 5.40. The SMILES string of the molecule is CCOc1ccc(/C=C/C(=O)NCCc2[nH]cnc2-c2cccs2)cc1. The molecule has 0 spiro atoms. The molecule has 2 N–H and O–H groups in total. The largest absolute Gasteiger partial charge is 0.494 e. The maximum Gasteiger partial charge on any atom is 0.244 e. The van der Waals surface area contributed by atoms with Crippen LogP contribution in [0.4, 0.5) is 0 Å². The molecule has 0 aliphatic heterocycles. The minimum Gasteiger partial charge on any atom is -0.494 e. The number of hydrogen-bond acceptors (Lipinski definition) is 4. The Morgan fingerprint density at radius 3 is 2.88 bits per heavy atom. The van der Waals surface area contributed by atoms with Crippen LogP contribution in [0.1, 0.15) is 18.2 Å². The van der Waals surface area contributed by atoms with Gasteiger partial charge in [-0.2, -0.15) is 0 Å². The van der Waals surface area contributed by atoms with Crippen LogP contribution < -0.4 is 10.1 Å². The van der Waals surface area contributed by atoms with Crippen molar-refractivity contribution in [3.05, 3.63) is 65.4 Å². The number of amides is 1. The van der Waals surface area contributed by atoms with E-state index in [1.807, 2.05) is 48.7 Å². The number of aromatic nitrogens is 2. The molecule has 1 amide bonds. The van der Waals surface area contributed by atoms with Gasteiger partial charge in [0.2, 0.25) is 5.91 Å². The van der Waals surface area contributed by atoms with E-state index in [2.05, 4.69) is 15.3 Å². The lowest BCUT2D eigenvalue weighted by Gasteiger charge is -2.03. The van der Waals surface area contributed by atoms with Crippen molar-refractivity contribution >= 4 is 23.3 Å². The van der Waals surface area contributed by atoms with Crippen LogP contribution in [0.5, 0.6) is 5.75 Å². The average molecular weight is 367 g/mol. The quantitative estimate of drug-likeness (QED) is 0.593. The van der Waals surface area contributed by atoms with Gasteiger partial charge in [-0.1, -0.05) is 18.2 Å². The Labute approximate surface area is 156 Å². The van der Waals surface area contributed by atoms with Gasteiger partial charge in [0, 0.05) is 24.7 Å². The third-order valence-electron chi connectivity index (χ3n) is 3.77. The Hall–Kier alpha value is -2.86. The summed E-state index contributed by atoms with van der Waals surface area (Å²) in [6.45, 7) is 3.14. The second kappa shape index (κ2) is 9.01. The van der Waals surface area contributed by atoms with Crippen molar-refractivity contribution in [2.24, 2.45) is 0 Å². The zero-order valence-corrected chi connectivity index (χ0v) is 15.4. The molecule has 26 heavy (non-hydrogen) atoms. The zero-order chi connectivity index (χ0) is 18.2. The van der Waals surface area contributed by atoms with Gasteiger partial charge < -0.3 is 15.0 Å². The van der Waals surface area contributed by atoms with Gasteiger partial charge in [0.05, 0.1) is 17.8 Å². The molecule has 5 nitrogen and oxygen atoms in total. The van der Waals surface area contributed by atoms with E-state index in [1.54, 1.807) is 29.8 Å². The van der Waals surface area contributed by atoms with Crippen LogP contribution in [-0.2, 0) is 11.2 Å². The molecule has 0 fully saturated rings. The fraction of sp³-hybridized carbons (Fsp3) is 0.200. The Morgan fingerprint density at radius 1 is 1.31 bits per heavy atom. The molecule has 0 aliphatic carbocycles. The van der Waals surface area contributed by atoms with Crippen molar-refractivity contribution in [1.82, 2.24) is 15.3 Å². The summed E-state index contributed by atoms with van der Waals surface area (Å²) in [5, 5.41) is 4.93. The molecule has 0 unspecified atom stereocenters. The first-order chi connectivity index (χ1) is 12.8. The molecular weight excluding hydrogens is 346 g/mol. The van der Waals surface area contributed by atoms with E-state index in [4.69, 9.17) is 4.74 Å². The highest BCUT2D eigenvalue weighted by atomic mass is 32.1. The van der Waals surface area contributed by atoms with E-state index >= 15 is 0 Å². The lowest BCUT2D eigenvalue weighted by Crippen LogP contribution is -2.23. The second-order valence-corrected chi connectivity index (χ2v) is 6.53. The van der Waals surface area contributed by atoms with E-state index in [9.17, 15) is 4.79 Å². The molecule has 6 heteroatoms. The smallest absolute Gasteiger partial charge is 0.244 e. The van der Waals surface area contributed by atoms with Crippen molar-refractivity contribution in [3.8, 4) is 16.3 Å². The van der Waals surface area contributed by atoms with E-state index in [-0.39, 0.29) is 5.91 Å². The third-order valence-corrected chi connectivity index (χ3v) is 4.64. The number of thiophene rings is 1. The van der Waals surface area contributed by atoms with Crippen LogP contribution in [0, 0.1) is 0 Å². The molecule has 2 heterocycles. The van der Waals surface area contributed by atoms with Gasteiger partial charge >= 0.3 is 0 Å². The molecule has 0 atom stereocenters. The Balaban J connectivity index is 1.48. The predicted octanol–water partition coefficient (Wildman–Crippen LogP) is 3.91. The normalized spacial score (nSPS) is 11.0. The molecule has 0 radical (unpaired) electrons. The maximum absolute atomic E-state index is 12.0. The summed E-state index contributed by atoms with van der Waals surface area (Å²) in [5.41, 5.74) is 2.94. The number of H-pyrrole nitrogens is 1. The van der Waals surface area contributed by atoms with E-state index in [0.717, 1.165) is 27.6 Å². The molecule has 1 aromatic carbocycles. The van der Waals surface area contributed by atoms with Crippen LogP contribution in [0.2, 0.25) is 0 Å². The molecule has 3 rings (SSSR count). The minimum atomic E-state index is -0.115. The number of benzene rings is 1. The number of hydrogen-bond donors (Lipinski definition) is 2. The average Bonchev–Trinajstić information content (AvgIpc) is 3.33. The molecule has 3 aromatic rings. The molecule has 2 aromatic heterocycles. The summed E-state index contributed by atoms with van der Waals surface area (Å²) in [5.74, 6) is 0.714. The number of nitrogens with zero attached hydrogens (tertiary/aromatic N) is 1. The number of aromatic amines is 1. The number of nitrogens with one attached hydrogen (secondary N) is 2. The lowest BCUT2D eigenvalue weighted by molar-refractivity contribution is -0.116. The van der Waals surface area contributed by atoms with Gasteiger partial charge in [-0.3, -0.25) is 4.79 Å². The second-order valence-electron chi connectivity index (χ2n) is 5.58. The molecule has 0 saturated heterocycles. The number of rotatable bonds is 8. The molecule has 0 bridgehead atoms. The van der Waals surface area contributed by atoms with Gasteiger partial charge in [-0.15, -0.1) is 11.3 Å². The lowest BCUT2D eigenvalue weighted by atomic mass is 10.2. The fourth-order valence-electron chi connectivity index (χ4n) is 2.52. The van der Waals surface area contributed by atoms with E-state index < -0.39 is 0 Å². The molecular formula is C20H21N3O2S. The minimum absolute atomic E-state index is 0.115. The Kier molecular flexibility index (Phi) is 6.22. The zero-order valence-electron chi connectivity index (χ0n) is 14.6. The van der Waals surface area contributed by atoms with Gasteiger partial charge in [-0.05, 0) is 42.1 Å². The first kappa shape index (κ1) is 17.9. The third kappa shape index (κ3) is 4.83. The highest BCUT2D eigenvalue weighted by molar-refractivity contribution is 7.13. The van der Waals surface area contributed by atoms with Gasteiger partial charge in [0.1, 0.15) is 11.4 Å². The van der Waals surface area contributed by atoms with Crippen LogP contribution in [0.15, 0.2) is 54.2 Å². The number of imidazole rings is 1. The number of ether oxygens (including phenoxy) is 1. The van der Waals surface area contributed by atoms with Crippen LogP contribution >= 0.6 is 11.3 Å². The van der Waals surface area contributed by atoms with E-state index in [0.29, 0.717) is 19.6 Å². The summed E-state index contributed by atoms with van der Waals surface area (Å²) in [4.78, 5) is 20.6. The molecule has 0 saturated carbocycles. The molecule has 134 valence electrons. The Morgan fingerprint density at radius 2 is 2.15 bits per heavy atom. The molecule has 0 aliphatic rings. The van der Waals surface area contributed by atoms with Crippen molar-refractivity contribution in [2.75, 3.05) is 13.2 Å². The van der Waals surface area contributed by atoms with Crippen molar-refractivity contribution in [2.45, 2.75) is 13.3 Å². The first-order valence-corrected chi connectivity index (χ1v) is 9.39. The van der Waals surface area contributed by atoms with Crippen molar-refractivity contribution in [1.29, 1.82) is 0 Å². The predicted molar refractivity (Wildman–Crippen MR) is 105 cm³/mol. The summed E-state index contributed by atoms with van der Waals surface area (Å²) in [6.07, 6.45) is 5.73. The Bertz CT molecular complexity index is 852. The summed E-state index contributed by atoms with van der Waals surface area (Å²) in [6, 6.07) is 11.7. The van der Waals surface area contributed by atoms with Gasteiger partial charge in [0.15, 0.2) is 0 Å². The monoisotopic (exact) mass is 367 g/mol. The standard InChI is InChI=1S/C20H21N3O2S/c1-2-25-16-8-5-15(6-9-16)7-10-19(24)21-12-11-17-20(23-14-22-17)18-4-3-13-26-18/h3-10,13-14H,2,11-12H2,1H3,(H,21,24)(H,22,23)/b10-7+. The maximum atomic E-state index is 12.0. The van der Waals surface area contributed by atoms with Crippen molar-refractivity contribution < 1.29 is 9.53 Å². The fourth-order valence-corrected chi connectivity index (χ4v) is 3.27. The number of carbonyl (C=O) groups is 1. The van der Waals surface area contributed by atoms with Gasteiger partial charge in [-0.25, -0.2) is 4.98 Å². The van der Waals surface area contributed by atoms with Crippen LogP contribution in [0.3, 0.4) is 0 Å². The highest BCUT2D eigenvalue weighted by Crippen LogP contribution is 2.25.